The number of hydrogen-bond acceptors (Lipinski definition) is 3. The second kappa shape index (κ2) is 11.2. The molecule has 0 aliphatic carbocycles. The average molecular weight is 434 g/mol. The first-order chi connectivity index (χ1) is 15.4. The van der Waals surface area contributed by atoms with Gasteiger partial charge in [0.05, 0.1) is 13.0 Å². The second-order valence-corrected chi connectivity index (χ2v) is 7.88. The van der Waals surface area contributed by atoms with Gasteiger partial charge < -0.3 is 15.1 Å². The van der Waals surface area contributed by atoms with Crippen LogP contribution in [0, 0.1) is 5.82 Å². The third-order valence-corrected chi connectivity index (χ3v) is 4.99. The number of nitrogens with zero attached hydrogens (tertiary/aromatic N) is 2. The van der Waals surface area contributed by atoms with Crippen LogP contribution in [0.15, 0.2) is 78.9 Å². The summed E-state index contributed by atoms with van der Waals surface area (Å²) in [4.78, 5) is 29.0. The van der Waals surface area contributed by atoms with Crippen molar-refractivity contribution in [3.8, 4) is 0 Å². The molecule has 1 N–H and O–H groups in total. The minimum Gasteiger partial charge on any atom is -0.355 e. The second-order valence-electron chi connectivity index (χ2n) is 7.88. The summed E-state index contributed by atoms with van der Waals surface area (Å²) in [5.41, 5.74) is 2.78. The number of likely N-dealkylation sites (N-methyl/N-ethyl adjacent to an activating group) is 1. The van der Waals surface area contributed by atoms with Crippen molar-refractivity contribution in [3.05, 3.63) is 101 Å². The van der Waals surface area contributed by atoms with Crippen LogP contribution in [0.2, 0.25) is 0 Å². The van der Waals surface area contributed by atoms with Crippen molar-refractivity contribution in [1.82, 2.24) is 10.2 Å². The Bertz CT molecular complexity index is 1040. The lowest BCUT2D eigenvalue weighted by atomic mass is 10.1. The van der Waals surface area contributed by atoms with Gasteiger partial charge in [0.15, 0.2) is 0 Å². The number of carbonyl (C=O) groups is 2. The fraction of sp³-hybridized carbons (Fsp3) is 0.231. The van der Waals surface area contributed by atoms with Gasteiger partial charge in [0.2, 0.25) is 5.91 Å². The van der Waals surface area contributed by atoms with Crippen LogP contribution in [0.5, 0.6) is 0 Å². The normalized spacial score (nSPS) is 10.8. The summed E-state index contributed by atoms with van der Waals surface area (Å²) in [6.07, 6.45) is 0.268. The zero-order valence-corrected chi connectivity index (χ0v) is 18.4. The van der Waals surface area contributed by atoms with E-state index in [1.165, 1.54) is 18.2 Å². The standard InChI is InChI=1S/C26H28FN3O2/c1-29(2)16-15-28-25(31)17-20-11-13-24(14-12-20)30(19-21-7-4-3-5-8-21)26(32)22-9-6-10-23(27)18-22/h3-14,18H,15-17,19H2,1-2H3,(H,28,31). The van der Waals surface area contributed by atoms with Crippen molar-refractivity contribution in [2.45, 2.75) is 13.0 Å². The average Bonchev–Trinajstić information content (AvgIpc) is 2.78. The molecule has 0 heterocycles. The molecule has 0 aliphatic rings. The Kier molecular flexibility index (Phi) is 8.11. The number of rotatable bonds is 9. The van der Waals surface area contributed by atoms with E-state index in [1.54, 1.807) is 11.0 Å². The molecule has 0 unspecified atom stereocenters. The van der Waals surface area contributed by atoms with E-state index in [0.717, 1.165) is 17.7 Å². The van der Waals surface area contributed by atoms with Crippen molar-refractivity contribution < 1.29 is 14.0 Å². The highest BCUT2D eigenvalue weighted by molar-refractivity contribution is 6.06. The molecular weight excluding hydrogens is 405 g/mol. The summed E-state index contributed by atoms with van der Waals surface area (Å²) in [5.74, 6) is -0.787. The third kappa shape index (κ3) is 6.75. The van der Waals surface area contributed by atoms with Gasteiger partial charge in [-0.1, -0.05) is 48.5 Å². The lowest BCUT2D eigenvalue weighted by Crippen LogP contribution is -2.32. The minimum absolute atomic E-state index is 0.0448. The van der Waals surface area contributed by atoms with Gasteiger partial charge in [0.25, 0.3) is 5.91 Å². The summed E-state index contributed by atoms with van der Waals surface area (Å²) in [5, 5.41) is 2.90. The molecule has 3 rings (SSSR count). The smallest absolute Gasteiger partial charge is 0.258 e. The minimum atomic E-state index is -0.453. The molecule has 166 valence electrons. The monoisotopic (exact) mass is 433 g/mol. The molecular formula is C26H28FN3O2. The van der Waals surface area contributed by atoms with E-state index in [-0.39, 0.29) is 23.8 Å². The van der Waals surface area contributed by atoms with Crippen molar-refractivity contribution in [3.63, 3.8) is 0 Å². The van der Waals surface area contributed by atoms with Crippen LogP contribution in [-0.2, 0) is 17.8 Å². The molecule has 0 aromatic heterocycles. The van der Waals surface area contributed by atoms with Gasteiger partial charge in [-0.05, 0) is 55.6 Å². The van der Waals surface area contributed by atoms with E-state index in [4.69, 9.17) is 0 Å². The first-order valence-electron chi connectivity index (χ1n) is 10.5. The third-order valence-electron chi connectivity index (χ3n) is 4.99. The molecule has 0 saturated carbocycles. The van der Waals surface area contributed by atoms with E-state index in [1.807, 2.05) is 73.6 Å². The Balaban J connectivity index is 1.77. The van der Waals surface area contributed by atoms with Crippen molar-refractivity contribution in [1.29, 1.82) is 0 Å². The molecule has 0 saturated heterocycles. The van der Waals surface area contributed by atoms with E-state index >= 15 is 0 Å². The summed E-state index contributed by atoms with van der Waals surface area (Å²) in [6, 6.07) is 22.7. The number of hydrogen-bond donors (Lipinski definition) is 1. The quantitative estimate of drug-likeness (QED) is 0.557. The fourth-order valence-electron chi connectivity index (χ4n) is 3.28. The van der Waals surface area contributed by atoms with E-state index in [2.05, 4.69) is 5.32 Å². The maximum absolute atomic E-state index is 13.7. The van der Waals surface area contributed by atoms with Gasteiger partial charge in [-0.25, -0.2) is 4.39 Å². The molecule has 3 aromatic carbocycles. The largest absolute Gasteiger partial charge is 0.355 e. The SMILES string of the molecule is CN(C)CCNC(=O)Cc1ccc(N(Cc2ccccc2)C(=O)c2cccc(F)c2)cc1. The predicted octanol–water partition coefficient (Wildman–Crippen LogP) is 3.89. The van der Waals surface area contributed by atoms with Gasteiger partial charge in [-0.3, -0.25) is 9.59 Å². The number of carbonyl (C=O) groups excluding carboxylic acids is 2. The highest BCUT2D eigenvalue weighted by atomic mass is 19.1. The molecule has 5 nitrogen and oxygen atoms in total. The first-order valence-corrected chi connectivity index (χ1v) is 10.5. The topological polar surface area (TPSA) is 52.7 Å². The maximum Gasteiger partial charge on any atom is 0.258 e. The molecule has 3 aromatic rings. The van der Waals surface area contributed by atoms with Gasteiger partial charge in [-0.15, -0.1) is 0 Å². The van der Waals surface area contributed by atoms with Crippen molar-refractivity contribution in [2.24, 2.45) is 0 Å². The molecule has 0 fully saturated rings. The van der Waals surface area contributed by atoms with Crippen LogP contribution in [0.4, 0.5) is 10.1 Å². The molecule has 2 amide bonds. The van der Waals surface area contributed by atoms with Crippen LogP contribution in [0.1, 0.15) is 21.5 Å². The zero-order valence-electron chi connectivity index (χ0n) is 18.4. The van der Waals surface area contributed by atoms with Crippen LogP contribution in [0.3, 0.4) is 0 Å². The van der Waals surface area contributed by atoms with E-state index in [0.29, 0.717) is 18.8 Å². The van der Waals surface area contributed by atoms with Crippen molar-refractivity contribution >= 4 is 17.5 Å². The van der Waals surface area contributed by atoms with Gasteiger partial charge in [0, 0.05) is 24.3 Å². The fourth-order valence-corrected chi connectivity index (χ4v) is 3.28. The van der Waals surface area contributed by atoms with Gasteiger partial charge in [0.1, 0.15) is 5.82 Å². The Morgan fingerprint density at radius 2 is 1.59 bits per heavy atom. The summed E-state index contributed by atoms with van der Waals surface area (Å²) in [7, 11) is 3.91. The number of anilines is 1. The van der Waals surface area contributed by atoms with Crippen LogP contribution >= 0.6 is 0 Å². The highest BCUT2D eigenvalue weighted by Gasteiger charge is 2.19. The molecule has 0 spiro atoms. The first kappa shape index (κ1) is 23.2. The Morgan fingerprint density at radius 1 is 0.875 bits per heavy atom. The van der Waals surface area contributed by atoms with E-state index < -0.39 is 5.82 Å². The lowest BCUT2D eigenvalue weighted by molar-refractivity contribution is -0.120. The molecule has 0 aliphatic heterocycles. The summed E-state index contributed by atoms with van der Waals surface area (Å²) >= 11 is 0. The van der Waals surface area contributed by atoms with Crippen LogP contribution < -0.4 is 10.2 Å². The Hall–Kier alpha value is -3.51. The zero-order chi connectivity index (χ0) is 22.9. The lowest BCUT2D eigenvalue weighted by Gasteiger charge is -2.23. The summed E-state index contributed by atoms with van der Waals surface area (Å²) < 4.78 is 13.7. The molecule has 32 heavy (non-hydrogen) atoms. The summed E-state index contributed by atoms with van der Waals surface area (Å²) in [6.45, 7) is 1.72. The van der Waals surface area contributed by atoms with Crippen LogP contribution in [-0.4, -0.2) is 43.9 Å². The van der Waals surface area contributed by atoms with Gasteiger partial charge in [-0.2, -0.15) is 0 Å². The molecule has 0 radical (unpaired) electrons. The van der Waals surface area contributed by atoms with Crippen molar-refractivity contribution in [2.75, 3.05) is 32.1 Å². The number of benzene rings is 3. The Morgan fingerprint density at radius 3 is 2.25 bits per heavy atom. The predicted molar refractivity (Wildman–Crippen MR) is 125 cm³/mol. The molecule has 6 heteroatoms. The Labute approximate surface area is 188 Å². The molecule has 0 atom stereocenters. The number of halogens is 1. The molecule has 0 bridgehead atoms. The van der Waals surface area contributed by atoms with Crippen LogP contribution in [0.25, 0.3) is 0 Å². The maximum atomic E-state index is 13.7. The number of nitrogens with one attached hydrogen (secondary N) is 1. The van der Waals surface area contributed by atoms with Gasteiger partial charge >= 0.3 is 0 Å². The number of amides is 2. The highest BCUT2D eigenvalue weighted by Crippen LogP contribution is 2.22. The van der Waals surface area contributed by atoms with E-state index in [9.17, 15) is 14.0 Å².